The van der Waals surface area contributed by atoms with E-state index in [0.717, 1.165) is 22.1 Å². The predicted molar refractivity (Wildman–Crippen MR) is 90.1 cm³/mol. The van der Waals surface area contributed by atoms with Crippen molar-refractivity contribution in [3.05, 3.63) is 73.1 Å². The minimum atomic E-state index is -0.444. The number of benzene rings is 2. The number of carbonyl (C=O) groups is 1. The fourth-order valence-corrected chi connectivity index (χ4v) is 2.70. The first-order valence-electron chi connectivity index (χ1n) is 7.42. The van der Waals surface area contributed by atoms with Crippen LogP contribution in [0.3, 0.4) is 0 Å². The first-order valence-corrected chi connectivity index (χ1v) is 7.42. The summed E-state index contributed by atoms with van der Waals surface area (Å²) in [5, 5.41) is 0. The summed E-state index contributed by atoms with van der Waals surface area (Å²) < 4.78 is 8.51. The van der Waals surface area contributed by atoms with Crippen LogP contribution in [0.2, 0.25) is 0 Å². The Bertz CT molecular complexity index is 999. The van der Waals surface area contributed by atoms with Crippen LogP contribution in [0.15, 0.2) is 67.3 Å². The summed E-state index contributed by atoms with van der Waals surface area (Å²) in [6.45, 7) is 0. The molecular formula is C18H14N4O2. The molecule has 4 rings (SSSR count). The number of aromatic nitrogens is 4. The fourth-order valence-electron chi connectivity index (χ4n) is 2.70. The monoisotopic (exact) mass is 318 g/mol. The maximum absolute atomic E-state index is 11.9. The molecule has 0 aliphatic carbocycles. The lowest BCUT2D eigenvalue weighted by Crippen LogP contribution is -2.13. The van der Waals surface area contributed by atoms with Crippen molar-refractivity contribution in [3.8, 4) is 0 Å². The molecule has 0 aliphatic rings. The van der Waals surface area contributed by atoms with Gasteiger partial charge in [0, 0.05) is 0 Å². The highest BCUT2D eigenvalue weighted by atomic mass is 16.5. The minimum absolute atomic E-state index is 0.444. The van der Waals surface area contributed by atoms with Gasteiger partial charge in [0.1, 0.15) is 18.5 Å². The Hall–Kier alpha value is -3.41. The molecule has 0 saturated heterocycles. The Morgan fingerprint density at radius 2 is 1.42 bits per heavy atom. The van der Waals surface area contributed by atoms with E-state index in [1.165, 1.54) is 13.2 Å². The summed E-state index contributed by atoms with van der Waals surface area (Å²) in [5.74, 6) is 0.157. The number of para-hydroxylation sites is 4. The third kappa shape index (κ3) is 2.25. The van der Waals surface area contributed by atoms with Gasteiger partial charge in [-0.15, -0.1) is 0 Å². The summed E-state index contributed by atoms with van der Waals surface area (Å²) in [6.07, 6.45) is 4.81. The highest BCUT2D eigenvalue weighted by Crippen LogP contribution is 2.20. The summed E-state index contributed by atoms with van der Waals surface area (Å²) in [5.41, 5.74) is 3.48. The largest absolute Gasteiger partial charge is 0.466 e. The number of carbonyl (C=O) groups excluding carboxylic acids is 1. The Balaban J connectivity index is 1.99. The van der Waals surface area contributed by atoms with Gasteiger partial charge in [-0.3, -0.25) is 9.13 Å². The number of nitrogens with zero attached hydrogens (tertiary/aromatic N) is 4. The smallest absolute Gasteiger partial charge is 0.334 e. The van der Waals surface area contributed by atoms with Crippen LogP contribution in [0.25, 0.3) is 22.1 Å². The number of esters is 1. The zero-order valence-electron chi connectivity index (χ0n) is 13.0. The maximum Gasteiger partial charge on any atom is 0.334 e. The molecule has 0 bridgehead atoms. The van der Waals surface area contributed by atoms with Crippen LogP contribution < -0.4 is 0 Å². The predicted octanol–water partition coefficient (Wildman–Crippen LogP) is 2.72. The van der Waals surface area contributed by atoms with Gasteiger partial charge in [0.2, 0.25) is 0 Å². The van der Waals surface area contributed by atoms with Crippen molar-refractivity contribution in [3.63, 3.8) is 0 Å². The molecule has 0 spiro atoms. The lowest BCUT2D eigenvalue weighted by atomic mass is 10.3. The van der Waals surface area contributed by atoms with Crippen LogP contribution >= 0.6 is 0 Å². The molecule has 0 atom stereocenters. The van der Waals surface area contributed by atoms with E-state index in [-0.39, 0.29) is 0 Å². The van der Waals surface area contributed by atoms with Crippen molar-refractivity contribution in [1.82, 2.24) is 19.1 Å². The second kappa shape index (κ2) is 5.66. The van der Waals surface area contributed by atoms with Crippen molar-refractivity contribution < 1.29 is 9.53 Å². The van der Waals surface area contributed by atoms with E-state index in [1.54, 1.807) is 12.7 Å². The van der Waals surface area contributed by atoms with Crippen LogP contribution in [0.4, 0.5) is 0 Å². The van der Waals surface area contributed by atoms with Crippen LogP contribution in [-0.4, -0.2) is 32.2 Å². The summed E-state index contributed by atoms with van der Waals surface area (Å²) in [6, 6.07) is 15.5. The fraction of sp³-hybridized carbons (Fsp3) is 0.0556. The zero-order valence-corrected chi connectivity index (χ0v) is 13.0. The first-order chi connectivity index (χ1) is 11.8. The van der Waals surface area contributed by atoms with Gasteiger partial charge in [-0.1, -0.05) is 24.3 Å². The standard InChI is InChI=1S/C18H14N4O2/c1-24-18(23)10-17(21-11-19-13-6-2-4-8-15(13)21)22-12-20-14-7-3-5-9-16(14)22/h2-12H,1H3. The molecule has 0 amide bonds. The molecular weight excluding hydrogens is 304 g/mol. The molecule has 2 heterocycles. The average molecular weight is 318 g/mol. The van der Waals surface area contributed by atoms with Gasteiger partial charge in [-0.05, 0) is 24.3 Å². The van der Waals surface area contributed by atoms with Crippen molar-refractivity contribution in [2.45, 2.75) is 0 Å². The second-order valence-electron chi connectivity index (χ2n) is 5.23. The van der Waals surface area contributed by atoms with Crippen LogP contribution in [-0.2, 0) is 9.53 Å². The van der Waals surface area contributed by atoms with Crippen molar-refractivity contribution in [2.75, 3.05) is 7.11 Å². The van der Waals surface area contributed by atoms with Crippen LogP contribution in [0.5, 0.6) is 0 Å². The molecule has 2 aromatic heterocycles. The topological polar surface area (TPSA) is 61.9 Å². The Morgan fingerprint density at radius 3 is 1.92 bits per heavy atom. The Labute approximate surface area is 137 Å². The molecule has 0 unspecified atom stereocenters. The quantitative estimate of drug-likeness (QED) is 0.430. The van der Waals surface area contributed by atoms with Gasteiger partial charge in [0.25, 0.3) is 0 Å². The number of methoxy groups -OCH3 is 1. The SMILES string of the molecule is COC(=O)C=C(n1cnc2ccccc21)n1cnc2ccccc21. The minimum Gasteiger partial charge on any atom is -0.466 e. The van der Waals surface area contributed by atoms with Crippen LogP contribution in [0.1, 0.15) is 0 Å². The Morgan fingerprint density at radius 1 is 0.917 bits per heavy atom. The van der Waals surface area contributed by atoms with Gasteiger partial charge in [0.15, 0.2) is 0 Å². The molecule has 118 valence electrons. The van der Waals surface area contributed by atoms with E-state index >= 15 is 0 Å². The molecule has 0 fully saturated rings. The molecule has 0 radical (unpaired) electrons. The van der Waals surface area contributed by atoms with E-state index < -0.39 is 5.97 Å². The third-order valence-electron chi connectivity index (χ3n) is 3.85. The molecule has 0 saturated carbocycles. The van der Waals surface area contributed by atoms with E-state index in [4.69, 9.17) is 4.74 Å². The van der Waals surface area contributed by atoms with Crippen molar-refractivity contribution in [1.29, 1.82) is 0 Å². The number of ether oxygens (including phenoxy) is 1. The third-order valence-corrected chi connectivity index (χ3v) is 3.85. The first kappa shape index (κ1) is 14.2. The molecule has 6 nitrogen and oxygen atoms in total. The van der Waals surface area contributed by atoms with E-state index in [0.29, 0.717) is 5.82 Å². The van der Waals surface area contributed by atoms with Gasteiger partial charge in [0.05, 0.1) is 35.3 Å². The van der Waals surface area contributed by atoms with Gasteiger partial charge >= 0.3 is 5.97 Å². The molecule has 24 heavy (non-hydrogen) atoms. The van der Waals surface area contributed by atoms with E-state index in [9.17, 15) is 4.79 Å². The van der Waals surface area contributed by atoms with Crippen molar-refractivity contribution in [2.24, 2.45) is 0 Å². The highest BCUT2D eigenvalue weighted by molar-refractivity contribution is 5.84. The zero-order chi connectivity index (χ0) is 16.5. The molecule has 4 aromatic rings. The van der Waals surface area contributed by atoms with E-state index in [1.807, 2.05) is 57.7 Å². The van der Waals surface area contributed by atoms with Crippen LogP contribution in [0, 0.1) is 5.82 Å². The lowest BCUT2D eigenvalue weighted by Gasteiger charge is -2.12. The number of fused-ring (bicyclic) bond motifs is 2. The Kier molecular flexibility index (Phi) is 3.35. The summed E-state index contributed by atoms with van der Waals surface area (Å²) in [4.78, 5) is 20.7. The average Bonchev–Trinajstić information content (AvgIpc) is 3.24. The van der Waals surface area contributed by atoms with Crippen molar-refractivity contribution >= 4 is 28.0 Å². The maximum atomic E-state index is 11.9. The number of imidazole rings is 2. The number of hydrogen-bond donors (Lipinski definition) is 0. The van der Waals surface area contributed by atoms with Gasteiger partial charge < -0.3 is 4.74 Å². The number of rotatable bonds is 3. The normalized spacial score (nSPS) is 10.9. The molecule has 2 aromatic carbocycles. The summed E-state index contributed by atoms with van der Waals surface area (Å²) in [7, 11) is 1.36. The number of hydrogen-bond acceptors (Lipinski definition) is 4. The molecule has 0 aliphatic heterocycles. The lowest BCUT2D eigenvalue weighted by molar-refractivity contribution is -0.135. The van der Waals surface area contributed by atoms with Gasteiger partial charge in [-0.25, -0.2) is 14.8 Å². The van der Waals surface area contributed by atoms with E-state index in [2.05, 4.69) is 9.97 Å². The second-order valence-corrected chi connectivity index (χ2v) is 5.23. The highest BCUT2D eigenvalue weighted by Gasteiger charge is 2.13. The molecule has 0 N–H and O–H groups in total. The molecule has 6 heteroatoms. The summed E-state index contributed by atoms with van der Waals surface area (Å²) >= 11 is 0. The van der Waals surface area contributed by atoms with Gasteiger partial charge in [-0.2, -0.15) is 0 Å².